The third kappa shape index (κ3) is 7.63. The molecule has 1 N–H and O–H groups in total. The van der Waals surface area contributed by atoms with Crippen molar-refractivity contribution >= 4 is 18.5 Å². The lowest BCUT2D eigenvalue weighted by Gasteiger charge is -2.04. The van der Waals surface area contributed by atoms with E-state index in [2.05, 4.69) is 24.5 Å². The van der Waals surface area contributed by atoms with E-state index in [1.54, 1.807) is 0 Å². The monoisotopic (exact) mass is 189 g/mol. The van der Waals surface area contributed by atoms with Gasteiger partial charge in [0.25, 0.3) is 0 Å². The van der Waals surface area contributed by atoms with Crippen LogP contribution in [0.2, 0.25) is 0 Å². The average molecular weight is 189 g/mol. The fraction of sp³-hybridized carbons (Fsp3) is 0.625. The number of thiol groups is 1. The molecule has 0 bridgehead atoms. The smallest absolute Gasteiger partial charge is 0.229 e. The maximum Gasteiger partial charge on any atom is 0.229 e. The van der Waals surface area contributed by atoms with Crippen molar-refractivity contribution in [3.05, 3.63) is 12.2 Å². The summed E-state index contributed by atoms with van der Waals surface area (Å²) in [6, 6.07) is 0. The number of carbonyl (C=O) groups excluding carboxylic acids is 1. The highest BCUT2D eigenvalue weighted by molar-refractivity contribution is 7.81. The molecule has 0 aliphatic rings. The summed E-state index contributed by atoms with van der Waals surface area (Å²) in [5.41, 5.74) is 0.982. The molecule has 0 saturated carbocycles. The summed E-state index contributed by atoms with van der Waals surface area (Å²) in [6.45, 7) is 7.18. The summed E-state index contributed by atoms with van der Waals surface area (Å²) in [4.78, 5) is 10.6. The van der Waals surface area contributed by atoms with Crippen LogP contribution in [0.25, 0.3) is 0 Å². The van der Waals surface area contributed by atoms with Gasteiger partial charge < -0.3 is 10.1 Å². The van der Waals surface area contributed by atoms with Crippen LogP contribution in [0.1, 0.15) is 6.92 Å². The molecule has 4 heteroatoms. The first-order chi connectivity index (χ1) is 5.66. The second-order valence-corrected chi connectivity index (χ2v) is 2.83. The summed E-state index contributed by atoms with van der Waals surface area (Å²) in [6.07, 6.45) is 0. The second kappa shape index (κ2) is 7.18. The van der Waals surface area contributed by atoms with Crippen molar-refractivity contribution in [2.75, 3.05) is 25.5 Å². The SMILES string of the molecule is C=C(C)COCCNC(=O)CS. The summed E-state index contributed by atoms with van der Waals surface area (Å²) in [5.74, 6) is 0.151. The van der Waals surface area contributed by atoms with Crippen LogP contribution >= 0.6 is 12.6 Å². The molecule has 0 unspecified atom stereocenters. The molecule has 0 aromatic rings. The van der Waals surface area contributed by atoms with Gasteiger partial charge in [0.2, 0.25) is 5.91 Å². The first-order valence-corrected chi connectivity index (χ1v) is 4.39. The lowest BCUT2D eigenvalue weighted by molar-refractivity contribution is -0.118. The van der Waals surface area contributed by atoms with E-state index in [4.69, 9.17) is 4.74 Å². The Hall–Kier alpha value is -0.480. The van der Waals surface area contributed by atoms with Gasteiger partial charge in [-0.2, -0.15) is 12.6 Å². The Morgan fingerprint density at radius 2 is 2.33 bits per heavy atom. The summed E-state index contributed by atoms with van der Waals surface area (Å²) in [7, 11) is 0. The fourth-order valence-corrected chi connectivity index (χ4v) is 0.677. The largest absolute Gasteiger partial charge is 0.375 e. The molecule has 0 aromatic heterocycles. The van der Waals surface area contributed by atoms with Crippen LogP contribution in [0, 0.1) is 0 Å². The third-order valence-electron chi connectivity index (χ3n) is 1.06. The van der Waals surface area contributed by atoms with Crippen LogP contribution < -0.4 is 5.32 Å². The minimum Gasteiger partial charge on any atom is -0.375 e. The van der Waals surface area contributed by atoms with Crippen molar-refractivity contribution in [2.45, 2.75) is 6.92 Å². The van der Waals surface area contributed by atoms with Crippen LogP contribution in [-0.2, 0) is 9.53 Å². The normalized spacial score (nSPS) is 9.50. The highest BCUT2D eigenvalue weighted by atomic mass is 32.1. The van der Waals surface area contributed by atoms with Gasteiger partial charge in [-0.15, -0.1) is 0 Å². The van der Waals surface area contributed by atoms with Gasteiger partial charge in [0.1, 0.15) is 0 Å². The quantitative estimate of drug-likeness (QED) is 0.365. The minimum atomic E-state index is -0.0720. The maximum absolute atomic E-state index is 10.6. The van der Waals surface area contributed by atoms with Gasteiger partial charge in [-0.05, 0) is 6.92 Å². The number of hydrogen-bond acceptors (Lipinski definition) is 3. The Morgan fingerprint density at radius 3 is 2.83 bits per heavy atom. The van der Waals surface area contributed by atoms with E-state index in [0.29, 0.717) is 19.8 Å². The van der Waals surface area contributed by atoms with Gasteiger partial charge in [-0.3, -0.25) is 4.79 Å². The Labute approximate surface area is 78.6 Å². The highest BCUT2D eigenvalue weighted by Crippen LogP contribution is 1.86. The third-order valence-corrected chi connectivity index (χ3v) is 1.35. The number of rotatable bonds is 6. The molecular formula is C8H15NO2S. The number of nitrogens with one attached hydrogen (secondary N) is 1. The molecule has 0 spiro atoms. The molecule has 0 aromatic carbocycles. The van der Waals surface area contributed by atoms with Crippen LogP contribution in [0.15, 0.2) is 12.2 Å². The van der Waals surface area contributed by atoms with Gasteiger partial charge in [0.15, 0.2) is 0 Å². The molecule has 70 valence electrons. The zero-order chi connectivity index (χ0) is 9.40. The van der Waals surface area contributed by atoms with Gasteiger partial charge in [-0.1, -0.05) is 12.2 Å². The van der Waals surface area contributed by atoms with Crippen LogP contribution in [0.5, 0.6) is 0 Å². The zero-order valence-corrected chi connectivity index (χ0v) is 8.19. The van der Waals surface area contributed by atoms with E-state index in [1.165, 1.54) is 0 Å². The van der Waals surface area contributed by atoms with Gasteiger partial charge in [-0.25, -0.2) is 0 Å². The van der Waals surface area contributed by atoms with Crippen LogP contribution in [0.4, 0.5) is 0 Å². The topological polar surface area (TPSA) is 38.3 Å². The van der Waals surface area contributed by atoms with Crippen molar-refractivity contribution in [1.82, 2.24) is 5.32 Å². The molecule has 0 aliphatic heterocycles. The molecule has 12 heavy (non-hydrogen) atoms. The van der Waals surface area contributed by atoms with Crippen molar-refractivity contribution in [3.8, 4) is 0 Å². The van der Waals surface area contributed by atoms with Gasteiger partial charge >= 0.3 is 0 Å². The Morgan fingerprint density at radius 1 is 1.67 bits per heavy atom. The molecule has 0 heterocycles. The summed E-state index contributed by atoms with van der Waals surface area (Å²) in [5, 5.41) is 2.64. The van der Waals surface area contributed by atoms with Crippen molar-refractivity contribution in [1.29, 1.82) is 0 Å². The predicted molar refractivity (Wildman–Crippen MR) is 52.5 cm³/mol. The number of carbonyl (C=O) groups is 1. The first kappa shape index (κ1) is 11.5. The van der Waals surface area contributed by atoms with E-state index in [1.807, 2.05) is 6.92 Å². The molecule has 0 rings (SSSR count). The molecule has 0 atom stereocenters. The summed E-state index contributed by atoms with van der Waals surface area (Å²) >= 11 is 3.81. The van der Waals surface area contributed by atoms with Crippen molar-refractivity contribution in [2.24, 2.45) is 0 Å². The molecule has 0 aliphatic carbocycles. The van der Waals surface area contributed by atoms with E-state index >= 15 is 0 Å². The molecule has 0 saturated heterocycles. The number of amides is 1. The first-order valence-electron chi connectivity index (χ1n) is 3.76. The second-order valence-electron chi connectivity index (χ2n) is 2.52. The van der Waals surface area contributed by atoms with Crippen LogP contribution in [-0.4, -0.2) is 31.4 Å². The van der Waals surface area contributed by atoms with E-state index < -0.39 is 0 Å². The highest BCUT2D eigenvalue weighted by Gasteiger charge is 1.94. The Kier molecular flexibility index (Phi) is 6.90. The zero-order valence-electron chi connectivity index (χ0n) is 7.30. The number of hydrogen-bond donors (Lipinski definition) is 2. The fourth-order valence-electron chi connectivity index (χ4n) is 0.565. The standard InChI is InChI=1S/C8H15NO2S/c1-7(2)5-11-4-3-9-8(10)6-12/h12H,1,3-6H2,2H3,(H,9,10). The Balaban J connectivity index is 3.11. The van der Waals surface area contributed by atoms with Crippen molar-refractivity contribution < 1.29 is 9.53 Å². The average Bonchev–Trinajstić information content (AvgIpc) is 2.03. The molecular weight excluding hydrogens is 174 g/mol. The van der Waals surface area contributed by atoms with E-state index in [-0.39, 0.29) is 11.7 Å². The number of ether oxygens (including phenoxy) is 1. The lowest BCUT2D eigenvalue weighted by atomic mass is 10.4. The lowest BCUT2D eigenvalue weighted by Crippen LogP contribution is -2.28. The Bertz CT molecular complexity index is 159. The van der Waals surface area contributed by atoms with E-state index in [0.717, 1.165) is 5.57 Å². The molecule has 3 nitrogen and oxygen atoms in total. The minimum absolute atomic E-state index is 0.0720. The van der Waals surface area contributed by atoms with Crippen LogP contribution in [0.3, 0.4) is 0 Å². The predicted octanol–water partition coefficient (Wildman–Crippen LogP) is 0.625. The van der Waals surface area contributed by atoms with Gasteiger partial charge in [0, 0.05) is 6.54 Å². The van der Waals surface area contributed by atoms with Gasteiger partial charge in [0.05, 0.1) is 19.0 Å². The summed E-state index contributed by atoms with van der Waals surface area (Å²) < 4.78 is 5.15. The molecule has 1 amide bonds. The van der Waals surface area contributed by atoms with Crippen molar-refractivity contribution in [3.63, 3.8) is 0 Å². The molecule has 0 fully saturated rings. The maximum atomic E-state index is 10.6. The van der Waals surface area contributed by atoms with E-state index in [9.17, 15) is 4.79 Å². The molecule has 0 radical (unpaired) electrons.